The van der Waals surface area contributed by atoms with E-state index in [-0.39, 0.29) is 23.3 Å². The van der Waals surface area contributed by atoms with E-state index in [2.05, 4.69) is 11.4 Å². The summed E-state index contributed by atoms with van der Waals surface area (Å²) < 4.78 is 5.33. The Morgan fingerprint density at radius 1 is 1.22 bits per heavy atom. The minimum Gasteiger partial charge on any atom is -0.396 e. The van der Waals surface area contributed by atoms with Gasteiger partial charge in [-0.3, -0.25) is 4.79 Å². The maximum atomic E-state index is 12.3. The van der Waals surface area contributed by atoms with E-state index < -0.39 is 0 Å². The van der Waals surface area contributed by atoms with E-state index >= 15 is 0 Å². The first kappa shape index (κ1) is 16.0. The monoisotopic (exact) mass is 314 g/mol. The van der Waals surface area contributed by atoms with E-state index in [4.69, 9.17) is 4.74 Å². The van der Waals surface area contributed by atoms with Crippen LogP contribution < -0.4 is 5.32 Å². The number of aliphatic hydroxyl groups excluding tert-OH is 1. The highest BCUT2D eigenvalue weighted by Gasteiger charge is 2.44. The highest BCUT2D eigenvalue weighted by atomic mass is 16.5. The van der Waals surface area contributed by atoms with Crippen molar-refractivity contribution in [2.24, 2.45) is 5.41 Å². The van der Waals surface area contributed by atoms with Gasteiger partial charge in [0, 0.05) is 30.7 Å². The molecular weight excluding hydrogens is 292 g/mol. The van der Waals surface area contributed by atoms with Crippen molar-refractivity contribution >= 4 is 5.91 Å². The first-order chi connectivity index (χ1) is 11.1. The molecule has 5 heteroatoms. The SMILES string of the molecule is N#CC1(c2ccc(C(=O)NCC3(CO)CCOCC3)cc2)CC1. The molecule has 2 fully saturated rings. The summed E-state index contributed by atoms with van der Waals surface area (Å²) in [5, 5.41) is 21.8. The molecule has 2 aliphatic rings. The highest BCUT2D eigenvalue weighted by Crippen LogP contribution is 2.47. The second kappa shape index (κ2) is 6.31. The molecule has 2 N–H and O–H groups in total. The van der Waals surface area contributed by atoms with Crippen molar-refractivity contribution in [2.75, 3.05) is 26.4 Å². The molecule has 1 aliphatic carbocycles. The van der Waals surface area contributed by atoms with Gasteiger partial charge in [-0.15, -0.1) is 0 Å². The van der Waals surface area contributed by atoms with Gasteiger partial charge in [0.25, 0.3) is 5.91 Å². The Kier molecular flexibility index (Phi) is 4.38. The zero-order valence-corrected chi connectivity index (χ0v) is 13.2. The quantitative estimate of drug-likeness (QED) is 0.867. The van der Waals surface area contributed by atoms with Crippen molar-refractivity contribution in [1.82, 2.24) is 5.32 Å². The molecule has 1 aliphatic heterocycles. The fourth-order valence-electron chi connectivity index (χ4n) is 3.10. The second-order valence-corrected chi connectivity index (χ2v) is 6.72. The molecule has 3 rings (SSSR count). The first-order valence-electron chi connectivity index (χ1n) is 8.12. The minimum atomic E-state index is -0.321. The zero-order valence-electron chi connectivity index (χ0n) is 13.2. The number of benzene rings is 1. The topological polar surface area (TPSA) is 82.4 Å². The molecule has 122 valence electrons. The molecule has 0 radical (unpaired) electrons. The Labute approximate surface area is 136 Å². The Morgan fingerprint density at radius 3 is 2.39 bits per heavy atom. The van der Waals surface area contributed by atoms with Crippen LogP contribution >= 0.6 is 0 Å². The molecule has 23 heavy (non-hydrogen) atoms. The predicted octanol–water partition coefficient (Wildman–Crippen LogP) is 1.76. The van der Waals surface area contributed by atoms with Crippen LogP contribution in [0.1, 0.15) is 41.6 Å². The van der Waals surface area contributed by atoms with Crippen molar-refractivity contribution in [3.05, 3.63) is 35.4 Å². The van der Waals surface area contributed by atoms with Crippen LogP contribution in [0.4, 0.5) is 0 Å². The fourth-order valence-corrected chi connectivity index (χ4v) is 3.10. The average Bonchev–Trinajstić information content (AvgIpc) is 3.42. The molecule has 1 amide bonds. The van der Waals surface area contributed by atoms with Gasteiger partial charge >= 0.3 is 0 Å². The number of carbonyl (C=O) groups is 1. The lowest BCUT2D eigenvalue weighted by Gasteiger charge is -2.35. The van der Waals surface area contributed by atoms with Gasteiger partial charge in [0.1, 0.15) is 0 Å². The number of ether oxygens (including phenoxy) is 1. The van der Waals surface area contributed by atoms with Gasteiger partial charge in [0.15, 0.2) is 0 Å². The van der Waals surface area contributed by atoms with Gasteiger partial charge in [-0.2, -0.15) is 5.26 Å². The maximum Gasteiger partial charge on any atom is 0.251 e. The number of aliphatic hydroxyl groups is 1. The molecule has 0 bridgehead atoms. The molecule has 1 aromatic carbocycles. The van der Waals surface area contributed by atoms with Crippen LogP contribution in [-0.2, 0) is 10.2 Å². The molecule has 0 atom stereocenters. The molecule has 1 saturated heterocycles. The van der Waals surface area contributed by atoms with E-state index in [0.29, 0.717) is 25.3 Å². The number of carbonyl (C=O) groups excluding carboxylic acids is 1. The third kappa shape index (κ3) is 3.24. The molecule has 1 heterocycles. The van der Waals surface area contributed by atoms with Gasteiger partial charge in [0.05, 0.1) is 18.1 Å². The van der Waals surface area contributed by atoms with Crippen LogP contribution in [0, 0.1) is 16.7 Å². The van der Waals surface area contributed by atoms with E-state index in [9.17, 15) is 15.2 Å². The van der Waals surface area contributed by atoms with Crippen LogP contribution in [0.3, 0.4) is 0 Å². The fraction of sp³-hybridized carbons (Fsp3) is 0.556. The predicted molar refractivity (Wildman–Crippen MR) is 84.9 cm³/mol. The number of hydrogen-bond donors (Lipinski definition) is 2. The van der Waals surface area contributed by atoms with Gasteiger partial charge in [-0.05, 0) is 43.4 Å². The zero-order chi connectivity index (χ0) is 16.3. The van der Waals surface area contributed by atoms with Crippen molar-refractivity contribution in [3.8, 4) is 6.07 Å². The summed E-state index contributed by atoms with van der Waals surface area (Å²) in [6.07, 6.45) is 3.31. The summed E-state index contributed by atoms with van der Waals surface area (Å²) in [4.78, 5) is 12.3. The van der Waals surface area contributed by atoms with E-state index in [1.165, 1.54) is 0 Å². The van der Waals surface area contributed by atoms with Gasteiger partial charge < -0.3 is 15.2 Å². The van der Waals surface area contributed by atoms with E-state index in [0.717, 1.165) is 31.2 Å². The number of hydrogen-bond acceptors (Lipinski definition) is 4. The molecule has 0 spiro atoms. The van der Waals surface area contributed by atoms with Crippen LogP contribution in [-0.4, -0.2) is 37.4 Å². The van der Waals surface area contributed by atoms with Gasteiger partial charge in [0.2, 0.25) is 0 Å². The van der Waals surface area contributed by atoms with Gasteiger partial charge in [-0.25, -0.2) is 0 Å². The van der Waals surface area contributed by atoms with Crippen molar-refractivity contribution in [2.45, 2.75) is 31.1 Å². The average molecular weight is 314 g/mol. The Bertz CT molecular complexity index is 608. The summed E-state index contributed by atoms with van der Waals surface area (Å²) in [5.41, 5.74) is 0.987. The molecule has 5 nitrogen and oxygen atoms in total. The van der Waals surface area contributed by atoms with Crippen LogP contribution in [0.2, 0.25) is 0 Å². The minimum absolute atomic E-state index is 0.0558. The molecule has 1 aromatic rings. The van der Waals surface area contributed by atoms with Crippen LogP contribution in [0.25, 0.3) is 0 Å². The maximum absolute atomic E-state index is 12.3. The number of nitrogens with zero attached hydrogens (tertiary/aromatic N) is 1. The van der Waals surface area contributed by atoms with Crippen LogP contribution in [0.5, 0.6) is 0 Å². The lowest BCUT2D eigenvalue weighted by atomic mass is 9.81. The Balaban J connectivity index is 1.61. The van der Waals surface area contributed by atoms with E-state index in [1.54, 1.807) is 12.1 Å². The number of rotatable bonds is 5. The normalized spacial score (nSPS) is 21.2. The molecule has 0 unspecified atom stereocenters. The second-order valence-electron chi connectivity index (χ2n) is 6.72. The van der Waals surface area contributed by atoms with Crippen LogP contribution in [0.15, 0.2) is 24.3 Å². The van der Waals surface area contributed by atoms with E-state index in [1.807, 2.05) is 12.1 Å². The van der Waals surface area contributed by atoms with Gasteiger partial charge in [-0.1, -0.05) is 12.1 Å². The molecular formula is C18H22N2O3. The smallest absolute Gasteiger partial charge is 0.251 e. The van der Waals surface area contributed by atoms with Crippen molar-refractivity contribution in [1.29, 1.82) is 5.26 Å². The summed E-state index contributed by atoms with van der Waals surface area (Å²) in [6.45, 7) is 1.76. The largest absolute Gasteiger partial charge is 0.396 e. The lowest BCUT2D eigenvalue weighted by molar-refractivity contribution is -0.0146. The number of nitrogens with one attached hydrogen (secondary N) is 1. The number of nitriles is 1. The first-order valence-corrected chi connectivity index (χ1v) is 8.12. The lowest BCUT2D eigenvalue weighted by Crippen LogP contribution is -2.43. The Hall–Kier alpha value is -1.90. The van der Waals surface area contributed by atoms with Crippen molar-refractivity contribution in [3.63, 3.8) is 0 Å². The Morgan fingerprint density at radius 2 is 1.87 bits per heavy atom. The summed E-state index contributed by atoms with van der Waals surface area (Å²) in [6, 6.07) is 9.66. The molecule has 0 aromatic heterocycles. The number of amides is 1. The third-order valence-electron chi connectivity index (χ3n) is 5.18. The molecule has 1 saturated carbocycles. The van der Waals surface area contributed by atoms with Crippen molar-refractivity contribution < 1.29 is 14.6 Å². The summed E-state index contributed by atoms with van der Waals surface area (Å²) >= 11 is 0. The summed E-state index contributed by atoms with van der Waals surface area (Å²) in [5.74, 6) is -0.141. The summed E-state index contributed by atoms with van der Waals surface area (Å²) in [7, 11) is 0. The standard InChI is InChI=1S/C18H22N2O3/c19-11-18(5-6-18)15-3-1-14(2-4-15)16(22)20-12-17(13-21)7-9-23-10-8-17/h1-4,21H,5-10,12-13H2,(H,20,22). The highest BCUT2D eigenvalue weighted by molar-refractivity contribution is 5.94. The third-order valence-corrected chi connectivity index (χ3v) is 5.18.